The van der Waals surface area contributed by atoms with E-state index in [1.807, 2.05) is 33.4 Å². The Morgan fingerprint density at radius 1 is 0.857 bits per heavy atom. The van der Waals surface area contributed by atoms with Crippen molar-refractivity contribution in [2.24, 2.45) is 5.92 Å². The number of fused-ring (bicyclic) bond motifs is 2. The van der Waals surface area contributed by atoms with Crippen molar-refractivity contribution in [1.29, 1.82) is 0 Å². The number of benzene rings is 2. The Balaban J connectivity index is 1.12. The number of nitrogens with one attached hydrogen (secondary N) is 1. The fourth-order valence-electron chi connectivity index (χ4n) is 7.02. The number of aromatic nitrogens is 4. The molecule has 2 aliphatic rings. The topological polar surface area (TPSA) is 66.9 Å². The van der Waals surface area contributed by atoms with Crippen LogP contribution >= 0.6 is 0 Å². The van der Waals surface area contributed by atoms with E-state index in [-0.39, 0.29) is 0 Å². The van der Waals surface area contributed by atoms with Crippen LogP contribution in [-0.4, -0.2) is 57.7 Å². The molecule has 0 bridgehead atoms. The predicted octanol–water partition coefficient (Wildman–Crippen LogP) is 7.19. The summed E-state index contributed by atoms with van der Waals surface area (Å²) in [5.41, 5.74) is 12.5. The number of hydrogen-bond acceptors (Lipinski definition) is 5. The van der Waals surface area contributed by atoms with Gasteiger partial charge >= 0.3 is 0 Å². The molecule has 0 amide bonds. The number of pyridine rings is 1. The zero-order chi connectivity index (χ0) is 28.6. The van der Waals surface area contributed by atoms with Crippen molar-refractivity contribution in [2.45, 2.75) is 52.0 Å². The maximum atomic E-state index is 5.44. The van der Waals surface area contributed by atoms with Crippen LogP contribution in [0, 0.1) is 19.8 Å². The van der Waals surface area contributed by atoms with Crippen molar-refractivity contribution in [3.63, 3.8) is 0 Å². The molecule has 1 aliphatic heterocycles. The van der Waals surface area contributed by atoms with Gasteiger partial charge in [0.15, 0.2) is 0 Å². The van der Waals surface area contributed by atoms with Crippen LogP contribution in [0.15, 0.2) is 67.1 Å². The molecule has 42 heavy (non-hydrogen) atoms. The number of rotatable bonds is 6. The number of likely N-dealkylation sites (tertiary alicyclic amines) is 1. The Labute approximate surface area is 248 Å². The smallest absolute Gasteiger partial charge is 0.137 e. The lowest BCUT2D eigenvalue weighted by Crippen LogP contribution is -2.34. The fraction of sp³-hybridized carbons (Fsp3) is 0.361. The molecule has 1 fully saturated rings. The second-order valence-electron chi connectivity index (χ2n) is 12.2. The lowest BCUT2D eigenvalue weighted by atomic mass is 9.96. The third-order valence-electron chi connectivity index (χ3n) is 9.35. The molecule has 6 heteroatoms. The van der Waals surface area contributed by atoms with Gasteiger partial charge in [-0.2, -0.15) is 0 Å². The van der Waals surface area contributed by atoms with E-state index in [1.54, 1.807) is 0 Å². The predicted molar refractivity (Wildman–Crippen MR) is 169 cm³/mol. The van der Waals surface area contributed by atoms with E-state index in [0.717, 1.165) is 69.8 Å². The molecule has 4 heterocycles. The molecule has 3 aromatic heterocycles. The molecule has 6 nitrogen and oxygen atoms in total. The van der Waals surface area contributed by atoms with Gasteiger partial charge in [-0.05, 0) is 86.7 Å². The first kappa shape index (κ1) is 27.0. The van der Waals surface area contributed by atoms with Crippen molar-refractivity contribution >= 4 is 11.0 Å². The average molecular weight is 558 g/mol. The lowest BCUT2D eigenvalue weighted by molar-refractivity contribution is 0.144. The first-order chi connectivity index (χ1) is 20.6. The van der Waals surface area contributed by atoms with Crippen molar-refractivity contribution in [1.82, 2.24) is 24.8 Å². The summed E-state index contributed by atoms with van der Waals surface area (Å²) >= 11 is 0. The van der Waals surface area contributed by atoms with Crippen LogP contribution in [0.5, 0.6) is 0 Å². The number of hydrogen-bond donors (Lipinski definition) is 1. The van der Waals surface area contributed by atoms with Gasteiger partial charge in [-0.15, -0.1) is 0 Å². The van der Waals surface area contributed by atoms with Gasteiger partial charge in [0, 0.05) is 60.4 Å². The van der Waals surface area contributed by atoms with Crippen LogP contribution in [0.1, 0.15) is 41.8 Å². The zero-order valence-corrected chi connectivity index (χ0v) is 24.9. The molecule has 0 unspecified atom stereocenters. The van der Waals surface area contributed by atoms with Gasteiger partial charge in [0.05, 0.1) is 23.7 Å². The maximum absolute atomic E-state index is 5.44. The molecule has 0 radical (unpaired) electrons. The fourth-order valence-corrected chi connectivity index (χ4v) is 7.02. The first-order valence-corrected chi connectivity index (χ1v) is 15.3. The highest BCUT2D eigenvalue weighted by atomic mass is 16.5. The Kier molecular flexibility index (Phi) is 7.34. The van der Waals surface area contributed by atoms with Crippen LogP contribution in [0.4, 0.5) is 0 Å². The quantitative estimate of drug-likeness (QED) is 0.224. The molecule has 0 spiro atoms. The summed E-state index contributed by atoms with van der Waals surface area (Å²) in [7, 11) is 1.83. The first-order valence-electron chi connectivity index (χ1n) is 15.3. The molecule has 1 saturated heterocycles. The Bertz CT molecular complexity index is 1720. The molecule has 2 atom stereocenters. The zero-order valence-electron chi connectivity index (χ0n) is 24.9. The molecule has 0 saturated carbocycles. The van der Waals surface area contributed by atoms with Gasteiger partial charge in [0.1, 0.15) is 5.65 Å². The number of ether oxygens (including phenoxy) is 1. The summed E-state index contributed by atoms with van der Waals surface area (Å²) in [6.45, 7) is 7.28. The van der Waals surface area contributed by atoms with Crippen molar-refractivity contribution in [2.75, 3.05) is 26.8 Å². The van der Waals surface area contributed by atoms with Crippen molar-refractivity contribution in [3.05, 3.63) is 89.6 Å². The van der Waals surface area contributed by atoms with Crippen molar-refractivity contribution in [3.8, 4) is 33.5 Å². The van der Waals surface area contributed by atoms with E-state index in [2.05, 4.69) is 69.6 Å². The minimum atomic E-state index is 0.677. The van der Waals surface area contributed by atoms with Gasteiger partial charge in [-0.25, -0.2) is 9.97 Å². The Morgan fingerprint density at radius 3 is 2.48 bits per heavy atom. The monoisotopic (exact) mass is 557 g/mol. The lowest BCUT2D eigenvalue weighted by Gasteiger charge is -2.26. The van der Waals surface area contributed by atoms with E-state index < -0.39 is 0 Å². The van der Waals surface area contributed by atoms with Crippen LogP contribution in [0.25, 0.3) is 44.5 Å². The normalized spacial score (nSPS) is 19.2. The van der Waals surface area contributed by atoms with Gasteiger partial charge in [0.25, 0.3) is 0 Å². The minimum Gasteiger partial charge on any atom is -0.384 e. The third-order valence-corrected chi connectivity index (χ3v) is 9.35. The number of aryl methyl sites for hydroxylation is 4. The second kappa shape index (κ2) is 11.4. The highest BCUT2D eigenvalue weighted by Gasteiger charge is 2.29. The maximum Gasteiger partial charge on any atom is 0.137 e. The highest BCUT2D eigenvalue weighted by Crippen LogP contribution is 2.34. The van der Waals surface area contributed by atoms with Crippen molar-refractivity contribution < 1.29 is 4.74 Å². The Hall–Kier alpha value is -3.87. The molecule has 1 aliphatic carbocycles. The average Bonchev–Trinajstić information content (AvgIpc) is 3.60. The van der Waals surface area contributed by atoms with E-state index in [4.69, 9.17) is 14.7 Å². The molecule has 2 aromatic carbocycles. The summed E-state index contributed by atoms with van der Waals surface area (Å²) in [5.74, 6) is 0.692. The summed E-state index contributed by atoms with van der Waals surface area (Å²) in [5, 5.41) is 1.14. The van der Waals surface area contributed by atoms with E-state index >= 15 is 0 Å². The summed E-state index contributed by atoms with van der Waals surface area (Å²) in [6, 6.07) is 18.7. The molecule has 7 rings (SSSR count). The SMILES string of the molecule is COC[C@H]1CCN([C@H]2CCc3ccc(-c4cnc5[nH]cc(-c6ccc(-c7nc(C)cnc7C)cc6)c5c4)cc3CC2)C1. The summed E-state index contributed by atoms with van der Waals surface area (Å²) in [4.78, 5) is 20.1. The second-order valence-corrected chi connectivity index (χ2v) is 12.2. The van der Waals surface area contributed by atoms with E-state index in [9.17, 15) is 0 Å². The Morgan fingerprint density at radius 2 is 1.64 bits per heavy atom. The summed E-state index contributed by atoms with van der Waals surface area (Å²) < 4.78 is 5.44. The van der Waals surface area contributed by atoms with Crippen LogP contribution in [-0.2, 0) is 17.6 Å². The van der Waals surface area contributed by atoms with Crippen LogP contribution in [0.3, 0.4) is 0 Å². The number of H-pyrrole nitrogens is 1. The molecule has 1 N–H and O–H groups in total. The summed E-state index contributed by atoms with van der Waals surface area (Å²) in [6.07, 6.45) is 11.9. The van der Waals surface area contributed by atoms with Crippen LogP contribution < -0.4 is 0 Å². The van der Waals surface area contributed by atoms with E-state index in [0.29, 0.717) is 12.0 Å². The standard InChI is InChI=1S/C36H39N5O/c1-23-18-37-24(2)35(40-23)28-7-5-27(6-8-28)34-20-39-36-33(34)17-31(19-38-36)30-9-4-26-10-12-32(13-11-29(26)16-30)41-15-14-25(21-41)22-42-3/h4-9,16-20,25,32H,10-15,21-22H2,1-3H3,(H,38,39)/t25-,32-/m0/s1. The molecular formula is C36H39N5O. The highest BCUT2D eigenvalue weighted by molar-refractivity contribution is 5.96. The van der Waals surface area contributed by atoms with Gasteiger partial charge < -0.3 is 9.72 Å². The number of methoxy groups -OCH3 is 1. The van der Waals surface area contributed by atoms with E-state index in [1.165, 1.54) is 49.0 Å². The van der Waals surface area contributed by atoms with Gasteiger partial charge in [0.2, 0.25) is 0 Å². The largest absolute Gasteiger partial charge is 0.384 e. The molecular weight excluding hydrogens is 518 g/mol. The van der Waals surface area contributed by atoms with Gasteiger partial charge in [-0.1, -0.05) is 42.5 Å². The molecule has 214 valence electrons. The minimum absolute atomic E-state index is 0.677. The van der Waals surface area contributed by atoms with Gasteiger partial charge in [-0.3, -0.25) is 9.88 Å². The number of nitrogens with zero attached hydrogens (tertiary/aromatic N) is 4. The number of aromatic amines is 1. The van der Waals surface area contributed by atoms with Crippen LogP contribution in [0.2, 0.25) is 0 Å². The molecule has 5 aromatic rings. The third kappa shape index (κ3) is 5.25.